The van der Waals surface area contributed by atoms with Crippen molar-refractivity contribution in [2.75, 3.05) is 11.9 Å². The van der Waals surface area contributed by atoms with E-state index in [9.17, 15) is 5.11 Å². The minimum atomic E-state index is -0.190. The molecule has 1 rings (SSSR count). The SMILES string of the molecule is CCC(C)CC(CC)(CO)Nc1ccc(C)cc1. The molecule has 0 heterocycles. The van der Waals surface area contributed by atoms with Crippen molar-refractivity contribution >= 4 is 5.69 Å². The van der Waals surface area contributed by atoms with E-state index in [0.29, 0.717) is 5.92 Å². The van der Waals surface area contributed by atoms with Gasteiger partial charge < -0.3 is 10.4 Å². The first-order valence-electron chi connectivity index (χ1n) is 7.01. The summed E-state index contributed by atoms with van der Waals surface area (Å²) in [4.78, 5) is 0. The molecule has 0 amide bonds. The van der Waals surface area contributed by atoms with Crippen LogP contribution in [0.2, 0.25) is 0 Å². The van der Waals surface area contributed by atoms with Crippen molar-refractivity contribution in [3.8, 4) is 0 Å². The summed E-state index contributed by atoms with van der Waals surface area (Å²) in [7, 11) is 0. The van der Waals surface area contributed by atoms with Gasteiger partial charge in [-0.15, -0.1) is 0 Å². The second-order valence-corrected chi connectivity index (χ2v) is 5.50. The summed E-state index contributed by atoms with van der Waals surface area (Å²) in [6.45, 7) is 8.86. The summed E-state index contributed by atoms with van der Waals surface area (Å²) >= 11 is 0. The molecule has 0 fully saturated rings. The molecule has 0 spiro atoms. The molecule has 2 N–H and O–H groups in total. The number of anilines is 1. The highest BCUT2D eigenvalue weighted by Crippen LogP contribution is 2.27. The van der Waals surface area contributed by atoms with Crippen LogP contribution in [0.1, 0.15) is 45.6 Å². The summed E-state index contributed by atoms with van der Waals surface area (Å²) in [5, 5.41) is 13.3. The standard InChI is InChI=1S/C16H27NO/c1-5-13(3)11-16(6-2,12-18)17-15-9-7-14(4)8-10-15/h7-10,13,17-18H,5-6,11-12H2,1-4H3. The molecule has 0 radical (unpaired) electrons. The van der Waals surface area contributed by atoms with E-state index in [1.165, 1.54) is 5.56 Å². The van der Waals surface area contributed by atoms with E-state index in [4.69, 9.17) is 0 Å². The lowest BCUT2D eigenvalue weighted by atomic mass is 9.85. The van der Waals surface area contributed by atoms with Crippen molar-refractivity contribution in [3.05, 3.63) is 29.8 Å². The van der Waals surface area contributed by atoms with Crippen LogP contribution >= 0.6 is 0 Å². The number of hydrogen-bond donors (Lipinski definition) is 2. The smallest absolute Gasteiger partial charge is 0.0661 e. The first kappa shape index (κ1) is 15.0. The Bertz CT molecular complexity index is 341. The van der Waals surface area contributed by atoms with E-state index in [1.54, 1.807) is 0 Å². The molecular formula is C16H27NO. The minimum Gasteiger partial charge on any atom is -0.394 e. The molecule has 2 nitrogen and oxygen atoms in total. The Balaban J connectivity index is 2.81. The molecule has 0 aliphatic rings. The fraction of sp³-hybridized carbons (Fsp3) is 0.625. The molecular weight excluding hydrogens is 222 g/mol. The first-order valence-corrected chi connectivity index (χ1v) is 7.01. The van der Waals surface area contributed by atoms with Crippen LogP contribution in [0.3, 0.4) is 0 Å². The third-order valence-electron chi connectivity index (χ3n) is 3.88. The maximum absolute atomic E-state index is 9.77. The normalized spacial score (nSPS) is 16.1. The fourth-order valence-electron chi connectivity index (χ4n) is 2.25. The number of benzene rings is 1. The van der Waals surface area contributed by atoms with Crippen molar-refractivity contribution in [2.24, 2.45) is 5.92 Å². The summed E-state index contributed by atoms with van der Waals surface area (Å²) < 4.78 is 0. The van der Waals surface area contributed by atoms with Crippen LogP contribution in [0.15, 0.2) is 24.3 Å². The predicted molar refractivity (Wildman–Crippen MR) is 79.0 cm³/mol. The summed E-state index contributed by atoms with van der Waals surface area (Å²) in [5.74, 6) is 0.620. The molecule has 0 aliphatic heterocycles. The van der Waals surface area contributed by atoms with E-state index in [-0.39, 0.29) is 12.1 Å². The molecule has 2 heteroatoms. The van der Waals surface area contributed by atoms with Crippen molar-refractivity contribution in [2.45, 2.75) is 52.5 Å². The van der Waals surface area contributed by atoms with Gasteiger partial charge in [0.25, 0.3) is 0 Å². The lowest BCUT2D eigenvalue weighted by molar-refractivity contribution is 0.181. The van der Waals surface area contributed by atoms with Gasteiger partial charge in [0, 0.05) is 5.69 Å². The number of nitrogens with one attached hydrogen (secondary N) is 1. The minimum absolute atomic E-state index is 0.182. The highest BCUT2D eigenvalue weighted by Gasteiger charge is 2.28. The lowest BCUT2D eigenvalue weighted by Crippen LogP contribution is -2.43. The molecule has 1 aromatic rings. The fourth-order valence-corrected chi connectivity index (χ4v) is 2.25. The summed E-state index contributed by atoms with van der Waals surface area (Å²) in [6, 6.07) is 8.38. The van der Waals surface area contributed by atoms with Crippen molar-refractivity contribution < 1.29 is 5.11 Å². The predicted octanol–water partition coefficient (Wildman–Crippen LogP) is 3.98. The monoisotopic (exact) mass is 249 g/mol. The van der Waals surface area contributed by atoms with Gasteiger partial charge in [-0.2, -0.15) is 0 Å². The first-order chi connectivity index (χ1) is 8.55. The molecule has 0 bridgehead atoms. The lowest BCUT2D eigenvalue weighted by Gasteiger charge is -2.35. The van der Waals surface area contributed by atoms with Gasteiger partial charge in [0.05, 0.1) is 12.1 Å². The Kier molecular flexibility index (Phi) is 5.67. The third-order valence-corrected chi connectivity index (χ3v) is 3.88. The van der Waals surface area contributed by atoms with E-state index in [0.717, 1.165) is 24.9 Å². The molecule has 2 atom stereocenters. The molecule has 102 valence electrons. The number of aryl methyl sites for hydroxylation is 1. The molecule has 0 saturated carbocycles. The second-order valence-electron chi connectivity index (χ2n) is 5.50. The van der Waals surface area contributed by atoms with Crippen LogP contribution in [0.4, 0.5) is 5.69 Å². The zero-order valence-corrected chi connectivity index (χ0v) is 12.2. The molecule has 0 saturated heterocycles. The van der Waals surface area contributed by atoms with Crippen LogP contribution in [-0.4, -0.2) is 17.3 Å². The Morgan fingerprint density at radius 2 is 1.83 bits per heavy atom. The van der Waals surface area contributed by atoms with Crippen LogP contribution in [0.5, 0.6) is 0 Å². The van der Waals surface area contributed by atoms with E-state index in [1.807, 2.05) is 0 Å². The number of aliphatic hydroxyl groups excluding tert-OH is 1. The van der Waals surface area contributed by atoms with Crippen molar-refractivity contribution in [1.29, 1.82) is 0 Å². The Morgan fingerprint density at radius 3 is 2.28 bits per heavy atom. The van der Waals surface area contributed by atoms with Crippen LogP contribution in [0, 0.1) is 12.8 Å². The van der Waals surface area contributed by atoms with Gasteiger partial charge in [-0.1, -0.05) is 44.9 Å². The average Bonchev–Trinajstić information content (AvgIpc) is 2.40. The molecule has 2 unspecified atom stereocenters. The zero-order valence-electron chi connectivity index (χ0n) is 12.2. The molecule has 18 heavy (non-hydrogen) atoms. The molecule has 0 aliphatic carbocycles. The number of rotatable bonds is 7. The topological polar surface area (TPSA) is 32.3 Å². The average molecular weight is 249 g/mol. The second kappa shape index (κ2) is 6.79. The quantitative estimate of drug-likeness (QED) is 0.766. The maximum atomic E-state index is 9.77. The Hall–Kier alpha value is -1.02. The molecule has 1 aromatic carbocycles. The third kappa shape index (κ3) is 4.02. The van der Waals surface area contributed by atoms with Crippen LogP contribution in [0.25, 0.3) is 0 Å². The van der Waals surface area contributed by atoms with Gasteiger partial charge in [-0.25, -0.2) is 0 Å². The molecule has 0 aromatic heterocycles. The number of aliphatic hydroxyl groups is 1. The maximum Gasteiger partial charge on any atom is 0.0661 e. The number of hydrogen-bond acceptors (Lipinski definition) is 2. The zero-order chi connectivity index (χ0) is 13.6. The van der Waals surface area contributed by atoms with Gasteiger partial charge >= 0.3 is 0 Å². The highest BCUT2D eigenvalue weighted by molar-refractivity contribution is 5.46. The van der Waals surface area contributed by atoms with Crippen LogP contribution < -0.4 is 5.32 Å². The van der Waals surface area contributed by atoms with Crippen LogP contribution in [-0.2, 0) is 0 Å². The van der Waals surface area contributed by atoms with Gasteiger partial charge in [0.2, 0.25) is 0 Å². The Morgan fingerprint density at radius 1 is 1.22 bits per heavy atom. The van der Waals surface area contributed by atoms with Gasteiger partial charge in [-0.3, -0.25) is 0 Å². The van der Waals surface area contributed by atoms with E-state index in [2.05, 4.69) is 57.3 Å². The van der Waals surface area contributed by atoms with Crippen molar-refractivity contribution in [1.82, 2.24) is 0 Å². The van der Waals surface area contributed by atoms with E-state index >= 15 is 0 Å². The van der Waals surface area contributed by atoms with E-state index < -0.39 is 0 Å². The largest absolute Gasteiger partial charge is 0.394 e. The van der Waals surface area contributed by atoms with Gasteiger partial charge in [0.1, 0.15) is 0 Å². The van der Waals surface area contributed by atoms with Gasteiger partial charge in [-0.05, 0) is 37.8 Å². The Labute approximate surface area is 111 Å². The summed E-state index contributed by atoms with van der Waals surface area (Å²) in [6.07, 6.45) is 3.09. The highest BCUT2D eigenvalue weighted by atomic mass is 16.3. The van der Waals surface area contributed by atoms with Crippen molar-refractivity contribution in [3.63, 3.8) is 0 Å². The van der Waals surface area contributed by atoms with Gasteiger partial charge in [0.15, 0.2) is 0 Å². The summed E-state index contributed by atoms with van der Waals surface area (Å²) in [5.41, 5.74) is 2.17.